The number of nitrogens with one attached hydrogen (secondary N) is 3. The summed E-state index contributed by atoms with van der Waals surface area (Å²) < 4.78 is 43.6. The molecule has 1 unspecified atom stereocenters. The summed E-state index contributed by atoms with van der Waals surface area (Å²) in [5, 5.41) is 6.36. The molecule has 8 heteroatoms. The summed E-state index contributed by atoms with van der Waals surface area (Å²) in [5.74, 6) is 0.404. The summed E-state index contributed by atoms with van der Waals surface area (Å²) in [5.41, 5.74) is 3.61. The van der Waals surface area contributed by atoms with Crippen LogP contribution in [0.4, 0.5) is 4.39 Å². The molecule has 188 valence electrons. The molecule has 36 heavy (non-hydrogen) atoms. The highest BCUT2D eigenvalue weighted by molar-refractivity contribution is 7.89. The number of H-pyrrole nitrogens is 1. The van der Waals surface area contributed by atoms with Crippen molar-refractivity contribution in [3.05, 3.63) is 71.2 Å². The summed E-state index contributed by atoms with van der Waals surface area (Å²) in [7, 11) is -3.92. The Morgan fingerprint density at radius 3 is 2.67 bits per heavy atom. The van der Waals surface area contributed by atoms with Crippen LogP contribution in [0.1, 0.15) is 67.6 Å². The Labute approximate surface area is 210 Å². The maximum Gasteiger partial charge on any atom is 0.241 e. The summed E-state index contributed by atoms with van der Waals surface area (Å²) in [6.45, 7) is 3.10. The third-order valence-electron chi connectivity index (χ3n) is 7.30. The van der Waals surface area contributed by atoms with Gasteiger partial charge in [0.2, 0.25) is 10.0 Å². The molecular formula is C28H31FN4O2S. The largest absolute Gasteiger partial charge is 0.357 e. The number of fused-ring (bicyclic) bond motifs is 4. The van der Waals surface area contributed by atoms with Gasteiger partial charge in [-0.3, -0.25) is 4.98 Å². The van der Waals surface area contributed by atoms with Gasteiger partial charge < -0.3 is 10.3 Å². The van der Waals surface area contributed by atoms with Gasteiger partial charge in [0.05, 0.1) is 4.90 Å². The van der Waals surface area contributed by atoms with Crippen LogP contribution in [0.25, 0.3) is 21.7 Å². The van der Waals surface area contributed by atoms with E-state index in [9.17, 15) is 12.8 Å². The zero-order valence-corrected chi connectivity index (χ0v) is 21.4. The van der Waals surface area contributed by atoms with Crippen molar-refractivity contribution in [2.24, 2.45) is 0 Å². The Bertz CT molecular complexity index is 1540. The molecule has 1 atom stereocenters. The molecule has 2 heterocycles. The Balaban J connectivity index is 1.37. The van der Waals surface area contributed by atoms with E-state index in [1.54, 1.807) is 6.07 Å². The number of hydrogen-bond acceptors (Lipinski definition) is 4. The van der Waals surface area contributed by atoms with E-state index >= 15 is 0 Å². The van der Waals surface area contributed by atoms with Crippen molar-refractivity contribution in [1.29, 1.82) is 0 Å². The SMILES string of the molecule is CC(C)(F)CNS(=O)(=O)c1cc2c(c3cnc(C4CC4)cc13)CCC2NCc1cc2ccccc2[nH]1. The lowest BCUT2D eigenvalue weighted by Gasteiger charge is -2.19. The number of sulfonamides is 1. The number of aryl methyl sites for hydroxylation is 1. The van der Waals surface area contributed by atoms with Crippen molar-refractivity contribution in [3.8, 4) is 0 Å². The van der Waals surface area contributed by atoms with E-state index in [4.69, 9.17) is 4.98 Å². The van der Waals surface area contributed by atoms with Gasteiger partial charge in [0.25, 0.3) is 0 Å². The van der Waals surface area contributed by atoms with E-state index in [1.807, 2.05) is 24.4 Å². The second-order valence-electron chi connectivity index (χ2n) is 10.8. The highest BCUT2D eigenvalue weighted by Crippen LogP contribution is 2.43. The van der Waals surface area contributed by atoms with Crippen LogP contribution < -0.4 is 10.0 Å². The van der Waals surface area contributed by atoms with Crippen molar-refractivity contribution in [2.75, 3.05) is 6.54 Å². The molecule has 0 aliphatic heterocycles. The highest BCUT2D eigenvalue weighted by Gasteiger charge is 2.32. The number of para-hydroxylation sites is 1. The fourth-order valence-corrected chi connectivity index (χ4v) is 6.68. The topological polar surface area (TPSA) is 86.9 Å². The Hall–Kier alpha value is -2.81. The number of halogens is 1. The Kier molecular flexibility index (Phi) is 5.66. The molecule has 4 aromatic rings. The van der Waals surface area contributed by atoms with Crippen LogP contribution in [0.15, 0.2) is 53.6 Å². The molecule has 2 aromatic carbocycles. The maximum atomic E-state index is 14.2. The molecule has 1 saturated carbocycles. The number of hydrogen-bond donors (Lipinski definition) is 3. The minimum Gasteiger partial charge on any atom is -0.357 e. The average Bonchev–Trinajstić information content (AvgIpc) is 3.48. The van der Waals surface area contributed by atoms with Gasteiger partial charge in [0.15, 0.2) is 0 Å². The predicted octanol–water partition coefficient (Wildman–Crippen LogP) is 5.40. The number of pyridine rings is 1. The molecular weight excluding hydrogens is 475 g/mol. The molecule has 0 bridgehead atoms. The van der Waals surface area contributed by atoms with Gasteiger partial charge in [-0.2, -0.15) is 0 Å². The molecule has 2 aliphatic rings. The van der Waals surface area contributed by atoms with Crippen molar-refractivity contribution in [3.63, 3.8) is 0 Å². The Morgan fingerprint density at radius 1 is 1.11 bits per heavy atom. The molecule has 2 aliphatic carbocycles. The second-order valence-corrected chi connectivity index (χ2v) is 12.5. The fraction of sp³-hybridized carbons (Fsp3) is 0.393. The first-order valence-corrected chi connectivity index (χ1v) is 14.1. The van der Waals surface area contributed by atoms with Crippen molar-refractivity contribution < 1.29 is 12.8 Å². The molecule has 0 amide bonds. The Morgan fingerprint density at radius 2 is 1.92 bits per heavy atom. The lowest BCUT2D eigenvalue weighted by atomic mass is 10.00. The average molecular weight is 507 g/mol. The summed E-state index contributed by atoms with van der Waals surface area (Å²) in [6, 6.07) is 14.1. The van der Waals surface area contributed by atoms with Crippen molar-refractivity contribution in [2.45, 2.75) is 68.6 Å². The zero-order valence-electron chi connectivity index (χ0n) is 20.6. The van der Waals surface area contributed by atoms with Crippen LogP contribution in [-0.4, -0.2) is 30.6 Å². The smallest absolute Gasteiger partial charge is 0.241 e. The van der Waals surface area contributed by atoms with E-state index < -0.39 is 15.7 Å². The molecule has 6 rings (SSSR count). The molecule has 2 aromatic heterocycles. The van der Waals surface area contributed by atoms with Gasteiger partial charge in [-0.1, -0.05) is 18.2 Å². The van der Waals surface area contributed by atoms with Gasteiger partial charge in [-0.05, 0) is 80.3 Å². The summed E-state index contributed by atoms with van der Waals surface area (Å²) in [6.07, 6.45) is 5.74. The predicted molar refractivity (Wildman–Crippen MR) is 140 cm³/mol. The maximum absolute atomic E-state index is 14.2. The first kappa shape index (κ1) is 23.6. The first-order chi connectivity index (χ1) is 17.2. The van der Waals surface area contributed by atoms with Gasteiger partial charge in [0, 0.05) is 58.9 Å². The summed E-state index contributed by atoms with van der Waals surface area (Å²) in [4.78, 5) is 8.36. The van der Waals surface area contributed by atoms with Crippen LogP contribution >= 0.6 is 0 Å². The monoisotopic (exact) mass is 506 g/mol. The van der Waals surface area contributed by atoms with Crippen LogP contribution in [0, 0.1) is 0 Å². The normalized spacial score (nSPS) is 18.2. The number of aromatic nitrogens is 2. The van der Waals surface area contributed by atoms with Crippen LogP contribution in [-0.2, 0) is 23.0 Å². The molecule has 0 spiro atoms. The molecule has 0 radical (unpaired) electrons. The van der Waals surface area contributed by atoms with Gasteiger partial charge in [-0.15, -0.1) is 0 Å². The highest BCUT2D eigenvalue weighted by atomic mass is 32.2. The number of rotatable bonds is 8. The number of benzene rings is 2. The molecule has 3 N–H and O–H groups in total. The van der Waals surface area contributed by atoms with Gasteiger partial charge >= 0.3 is 0 Å². The lowest BCUT2D eigenvalue weighted by molar-refractivity contribution is 0.221. The third-order valence-corrected chi connectivity index (χ3v) is 8.74. The third kappa shape index (κ3) is 4.53. The van der Waals surface area contributed by atoms with E-state index in [-0.39, 0.29) is 17.5 Å². The standard InChI is InChI=1S/C28H31FN4O2S/c1-28(2,29)16-32-36(34,35)27-13-21-20(23-15-31-26(12-22(23)27)17-7-8-17)9-10-25(21)30-14-19-11-18-5-3-4-6-24(18)33-19/h3-6,11-13,15,17,25,30,32-33H,7-10,14,16H2,1-2H3. The minimum atomic E-state index is -3.92. The lowest BCUT2D eigenvalue weighted by Crippen LogP contribution is -2.35. The first-order valence-electron chi connectivity index (χ1n) is 12.6. The van der Waals surface area contributed by atoms with Crippen LogP contribution in [0.3, 0.4) is 0 Å². The van der Waals surface area contributed by atoms with E-state index in [2.05, 4.69) is 33.2 Å². The number of aromatic amines is 1. The van der Waals surface area contributed by atoms with E-state index in [0.717, 1.165) is 59.1 Å². The van der Waals surface area contributed by atoms with Crippen LogP contribution in [0.5, 0.6) is 0 Å². The molecule has 0 saturated heterocycles. The van der Waals surface area contributed by atoms with Crippen LogP contribution in [0.2, 0.25) is 0 Å². The van der Waals surface area contributed by atoms with Crippen molar-refractivity contribution in [1.82, 2.24) is 20.0 Å². The van der Waals surface area contributed by atoms with E-state index in [1.165, 1.54) is 19.2 Å². The number of alkyl halides is 1. The minimum absolute atomic E-state index is 0.0190. The molecule has 1 fully saturated rings. The second kappa shape index (κ2) is 8.64. The van der Waals surface area contributed by atoms with Gasteiger partial charge in [0.1, 0.15) is 5.67 Å². The quantitative estimate of drug-likeness (QED) is 0.299. The van der Waals surface area contributed by atoms with Crippen molar-refractivity contribution >= 4 is 31.7 Å². The zero-order chi connectivity index (χ0) is 25.1. The van der Waals surface area contributed by atoms with E-state index in [0.29, 0.717) is 17.8 Å². The number of nitrogens with zero attached hydrogens (tertiary/aromatic N) is 1. The molecule has 6 nitrogen and oxygen atoms in total. The summed E-state index contributed by atoms with van der Waals surface area (Å²) >= 11 is 0. The van der Waals surface area contributed by atoms with Gasteiger partial charge in [-0.25, -0.2) is 17.5 Å². The fourth-order valence-electron chi connectivity index (χ4n) is 5.25.